The van der Waals surface area contributed by atoms with Crippen molar-refractivity contribution in [3.8, 4) is 0 Å². The zero-order chi connectivity index (χ0) is 16.1. The number of rotatable bonds is 5. The Hall–Kier alpha value is -1.87. The van der Waals surface area contributed by atoms with Crippen molar-refractivity contribution in [2.24, 2.45) is 5.92 Å². The van der Waals surface area contributed by atoms with Crippen LogP contribution in [0.3, 0.4) is 0 Å². The Morgan fingerprint density at radius 1 is 1.00 bits per heavy atom. The van der Waals surface area contributed by atoms with E-state index >= 15 is 0 Å². The number of amides is 1. The maximum Gasteiger partial charge on any atom is 0.228 e. The topological polar surface area (TPSA) is 42.0 Å². The van der Waals surface area contributed by atoms with Gasteiger partial charge in [0, 0.05) is 17.4 Å². The van der Waals surface area contributed by atoms with Crippen molar-refractivity contribution in [2.75, 3.05) is 0 Å². The molecule has 0 fully saturated rings. The molecule has 1 heterocycles. The van der Waals surface area contributed by atoms with E-state index in [1.54, 1.807) is 12.4 Å². The van der Waals surface area contributed by atoms with E-state index in [1.165, 1.54) is 0 Å². The lowest BCUT2D eigenvalue weighted by Gasteiger charge is -2.23. The summed E-state index contributed by atoms with van der Waals surface area (Å²) in [4.78, 5) is 16.7. The van der Waals surface area contributed by atoms with Crippen molar-refractivity contribution in [1.29, 1.82) is 0 Å². The van der Waals surface area contributed by atoms with Crippen LogP contribution in [0.2, 0.25) is 5.02 Å². The molecule has 0 radical (unpaired) electrons. The van der Waals surface area contributed by atoms with Gasteiger partial charge in [-0.25, -0.2) is 0 Å². The predicted molar refractivity (Wildman–Crippen MR) is 89.8 cm³/mol. The van der Waals surface area contributed by atoms with Crippen LogP contribution in [0.15, 0.2) is 48.8 Å². The first-order chi connectivity index (χ1) is 10.5. The first-order valence-corrected chi connectivity index (χ1v) is 7.82. The van der Waals surface area contributed by atoms with Gasteiger partial charge in [-0.2, -0.15) is 0 Å². The summed E-state index contributed by atoms with van der Waals surface area (Å²) < 4.78 is 0. The molecule has 4 heteroatoms. The summed E-state index contributed by atoms with van der Waals surface area (Å²) in [5, 5.41) is 3.77. The van der Waals surface area contributed by atoms with E-state index in [1.807, 2.05) is 43.3 Å². The van der Waals surface area contributed by atoms with E-state index in [0.29, 0.717) is 5.02 Å². The number of hydrogen-bond donors (Lipinski definition) is 1. The van der Waals surface area contributed by atoms with Gasteiger partial charge in [0.1, 0.15) is 0 Å². The highest BCUT2D eigenvalue weighted by Gasteiger charge is 2.25. The Morgan fingerprint density at radius 3 is 2.14 bits per heavy atom. The van der Waals surface area contributed by atoms with E-state index in [0.717, 1.165) is 11.1 Å². The maximum absolute atomic E-state index is 12.7. The van der Waals surface area contributed by atoms with Gasteiger partial charge in [-0.3, -0.25) is 9.78 Å². The van der Waals surface area contributed by atoms with Gasteiger partial charge in [0.2, 0.25) is 5.91 Å². The average molecular weight is 317 g/mol. The lowest BCUT2D eigenvalue weighted by Crippen LogP contribution is -2.34. The lowest BCUT2D eigenvalue weighted by molar-refractivity contribution is -0.124. The van der Waals surface area contributed by atoms with Crippen LogP contribution >= 0.6 is 11.6 Å². The standard InChI is InChI=1S/C18H21ClN2O/c1-12(2)17(15-4-6-16(19)7-5-15)18(22)21-13(3)14-8-10-20-11-9-14/h4-13,17H,1-3H3,(H,21,22)/t13-,17-/m0/s1. The number of pyridine rings is 1. The number of benzene rings is 1. The molecular weight excluding hydrogens is 296 g/mol. The third kappa shape index (κ3) is 4.08. The molecule has 0 saturated heterocycles. The highest BCUT2D eigenvalue weighted by molar-refractivity contribution is 6.30. The SMILES string of the molecule is CC(C)[C@H](C(=O)N[C@@H](C)c1ccncc1)c1ccc(Cl)cc1. The van der Waals surface area contributed by atoms with Crippen LogP contribution in [0.1, 0.15) is 43.9 Å². The number of nitrogens with one attached hydrogen (secondary N) is 1. The normalized spacial score (nSPS) is 13.7. The van der Waals surface area contributed by atoms with Gasteiger partial charge in [0.05, 0.1) is 12.0 Å². The molecule has 1 N–H and O–H groups in total. The summed E-state index contributed by atoms with van der Waals surface area (Å²) in [5.41, 5.74) is 2.03. The monoisotopic (exact) mass is 316 g/mol. The second kappa shape index (κ2) is 7.41. The number of carbonyl (C=O) groups is 1. The second-order valence-corrected chi connectivity index (χ2v) is 6.22. The highest BCUT2D eigenvalue weighted by atomic mass is 35.5. The van der Waals surface area contributed by atoms with E-state index in [9.17, 15) is 4.79 Å². The molecule has 2 rings (SSSR count). The Kier molecular flexibility index (Phi) is 5.56. The van der Waals surface area contributed by atoms with E-state index in [-0.39, 0.29) is 23.8 Å². The van der Waals surface area contributed by atoms with Crippen molar-refractivity contribution in [3.05, 3.63) is 64.9 Å². The molecule has 0 saturated carbocycles. The quantitative estimate of drug-likeness (QED) is 0.891. The number of aromatic nitrogens is 1. The summed E-state index contributed by atoms with van der Waals surface area (Å²) in [6.45, 7) is 6.08. The van der Waals surface area contributed by atoms with E-state index in [2.05, 4.69) is 24.1 Å². The first-order valence-electron chi connectivity index (χ1n) is 7.44. The third-order valence-electron chi connectivity index (χ3n) is 3.74. The number of halogens is 1. The fraction of sp³-hybridized carbons (Fsp3) is 0.333. The highest BCUT2D eigenvalue weighted by Crippen LogP contribution is 2.27. The molecule has 3 nitrogen and oxygen atoms in total. The molecule has 0 aliphatic carbocycles. The average Bonchev–Trinajstić information content (AvgIpc) is 2.50. The fourth-order valence-electron chi connectivity index (χ4n) is 2.55. The Balaban J connectivity index is 2.15. The van der Waals surface area contributed by atoms with Gasteiger partial charge >= 0.3 is 0 Å². The molecule has 0 bridgehead atoms. The summed E-state index contributed by atoms with van der Waals surface area (Å²) in [5.74, 6) is 0.0361. The summed E-state index contributed by atoms with van der Waals surface area (Å²) in [6, 6.07) is 11.3. The molecular formula is C18H21ClN2O. The second-order valence-electron chi connectivity index (χ2n) is 5.78. The molecule has 0 unspecified atom stereocenters. The Morgan fingerprint density at radius 2 is 1.59 bits per heavy atom. The Bertz CT molecular complexity index is 611. The van der Waals surface area contributed by atoms with Crippen LogP contribution < -0.4 is 5.32 Å². The third-order valence-corrected chi connectivity index (χ3v) is 4.00. The summed E-state index contributed by atoms with van der Waals surface area (Å²) >= 11 is 5.93. The number of carbonyl (C=O) groups excluding carboxylic acids is 1. The molecule has 0 aliphatic heterocycles. The van der Waals surface area contributed by atoms with Crippen LogP contribution in [-0.4, -0.2) is 10.9 Å². The molecule has 2 atom stereocenters. The maximum atomic E-state index is 12.7. The van der Waals surface area contributed by atoms with Gasteiger partial charge in [-0.1, -0.05) is 37.6 Å². The predicted octanol–water partition coefficient (Wildman–Crippen LogP) is 4.35. The van der Waals surface area contributed by atoms with Crippen LogP contribution in [-0.2, 0) is 4.79 Å². The molecule has 1 amide bonds. The molecule has 116 valence electrons. The largest absolute Gasteiger partial charge is 0.349 e. The summed E-state index contributed by atoms with van der Waals surface area (Å²) in [6.07, 6.45) is 3.47. The zero-order valence-corrected chi connectivity index (χ0v) is 13.8. The van der Waals surface area contributed by atoms with Crippen LogP contribution in [0.25, 0.3) is 0 Å². The van der Waals surface area contributed by atoms with Gasteiger partial charge < -0.3 is 5.32 Å². The molecule has 0 aliphatic rings. The van der Waals surface area contributed by atoms with Gasteiger partial charge in [0.15, 0.2) is 0 Å². The van der Waals surface area contributed by atoms with E-state index < -0.39 is 0 Å². The van der Waals surface area contributed by atoms with E-state index in [4.69, 9.17) is 11.6 Å². The van der Waals surface area contributed by atoms with Crippen LogP contribution in [0.4, 0.5) is 0 Å². The molecule has 2 aromatic rings. The smallest absolute Gasteiger partial charge is 0.228 e. The molecule has 22 heavy (non-hydrogen) atoms. The van der Waals surface area contributed by atoms with Crippen molar-refractivity contribution in [2.45, 2.75) is 32.7 Å². The van der Waals surface area contributed by atoms with Crippen LogP contribution in [0.5, 0.6) is 0 Å². The van der Waals surface area contributed by atoms with Crippen molar-refractivity contribution < 1.29 is 4.79 Å². The molecule has 1 aromatic carbocycles. The van der Waals surface area contributed by atoms with Gasteiger partial charge in [-0.15, -0.1) is 0 Å². The van der Waals surface area contributed by atoms with Gasteiger partial charge in [0.25, 0.3) is 0 Å². The first kappa shape index (κ1) is 16.5. The van der Waals surface area contributed by atoms with Gasteiger partial charge in [-0.05, 0) is 48.2 Å². The minimum absolute atomic E-state index is 0.0293. The number of hydrogen-bond acceptors (Lipinski definition) is 2. The minimum Gasteiger partial charge on any atom is -0.349 e. The van der Waals surface area contributed by atoms with Crippen molar-refractivity contribution in [3.63, 3.8) is 0 Å². The fourth-order valence-corrected chi connectivity index (χ4v) is 2.67. The van der Waals surface area contributed by atoms with Crippen LogP contribution in [0, 0.1) is 5.92 Å². The number of nitrogens with zero attached hydrogens (tertiary/aromatic N) is 1. The lowest BCUT2D eigenvalue weighted by atomic mass is 9.87. The molecule has 1 aromatic heterocycles. The Labute approximate surface area is 136 Å². The van der Waals surface area contributed by atoms with Crippen molar-refractivity contribution in [1.82, 2.24) is 10.3 Å². The zero-order valence-electron chi connectivity index (χ0n) is 13.1. The minimum atomic E-state index is -0.193. The molecule has 0 spiro atoms. The summed E-state index contributed by atoms with van der Waals surface area (Å²) in [7, 11) is 0. The van der Waals surface area contributed by atoms with Crippen molar-refractivity contribution >= 4 is 17.5 Å².